The van der Waals surface area contributed by atoms with Gasteiger partial charge in [0.2, 0.25) is 5.60 Å². The number of carbonyl (C=O) groups excluding carboxylic acids is 1. The normalized spacial score (nSPS) is 32.0. The van der Waals surface area contributed by atoms with Crippen molar-refractivity contribution in [1.29, 1.82) is 0 Å². The lowest BCUT2D eigenvalue weighted by atomic mass is 9.66. The molecule has 0 aromatic carbocycles. The van der Waals surface area contributed by atoms with Gasteiger partial charge in [-0.1, -0.05) is 27.2 Å². The lowest BCUT2D eigenvalue weighted by molar-refractivity contribution is -0.167. The summed E-state index contributed by atoms with van der Waals surface area (Å²) in [5, 5.41) is 18.8. The molecule has 4 atom stereocenters. The standard InChI is InChI=1S/C14H24O4/c1-8(2)10-6-5-9(3)7-11(10)12(15)14(4,18)13(16)17/h8-11,18H,5-7H2,1-4H3,(H,16,17). The van der Waals surface area contributed by atoms with E-state index in [-0.39, 0.29) is 11.8 Å². The molecule has 0 saturated heterocycles. The van der Waals surface area contributed by atoms with E-state index in [0.717, 1.165) is 19.8 Å². The van der Waals surface area contributed by atoms with Gasteiger partial charge >= 0.3 is 5.97 Å². The van der Waals surface area contributed by atoms with Crippen LogP contribution in [0, 0.1) is 23.7 Å². The zero-order valence-electron chi connectivity index (χ0n) is 11.6. The fourth-order valence-corrected chi connectivity index (χ4v) is 2.97. The summed E-state index contributed by atoms with van der Waals surface area (Å²) < 4.78 is 0. The van der Waals surface area contributed by atoms with Crippen LogP contribution in [-0.2, 0) is 9.59 Å². The molecule has 1 fully saturated rings. The molecular formula is C14H24O4. The number of Topliss-reactive ketones (excluding diaryl/α,β-unsaturated/α-hetero) is 1. The highest BCUT2D eigenvalue weighted by Gasteiger charge is 2.46. The lowest BCUT2D eigenvalue weighted by Crippen LogP contribution is -2.50. The highest BCUT2D eigenvalue weighted by molar-refractivity contribution is 6.06. The summed E-state index contributed by atoms with van der Waals surface area (Å²) in [6, 6.07) is 0. The number of hydrogen-bond acceptors (Lipinski definition) is 3. The van der Waals surface area contributed by atoms with Gasteiger partial charge in [0, 0.05) is 5.92 Å². The lowest BCUT2D eigenvalue weighted by Gasteiger charge is -2.38. The Morgan fingerprint density at radius 3 is 2.28 bits per heavy atom. The number of rotatable bonds is 4. The third-order valence-electron chi connectivity index (χ3n) is 4.26. The van der Waals surface area contributed by atoms with Crippen LogP contribution in [0.1, 0.15) is 47.0 Å². The number of hydrogen-bond donors (Lipinski definition) is 2. The van der Waals surface area contributed by atoms with Crippen LogP contribution in [-0.4, -0.2) is 27.6 Å². The molecule has 4 nitrogen and oxygen atoms in total. The minimum absolute atomic E-state index is 0.180. The largest absolute Gasteiger partial charge is 0.479 e. The maximum Gasteiger partial charge on any atom is 0.343 e. The second-order valence-electron chi connectivity index (χ2n) is 6.17. The fraction of sp³-hybridized carbons (Fsp3) is 0.857. The molecule has 0 heterocycles. The van der Waals surface area contributed by atoms with E-state index >= 15 is 0 Å². The number of carboxylic acid groups (broad SMARTS) is 1. The summed E-state index contributed by atoms with van der Waals surface area (Å²) in [4.78, 5) is 23.3. The molecule has 0 aliphatic heterocycles. The Labute approximate surface area is 108 Å². The highest BCUT2D eigenvalue weighted by atomic mass is 16.4. The Morgan fingerprint density at radius 2 is 1.83 bits per heavy atom. The third-order valence-corrected chi connectivity index (χ3v) is 4.26. The number of aliphatic hydroxyl groups is 1. The van der Waals surface area contributed by atoms with Crippen molar-refractivity contribution < 1.29 is 19.8 Å². The predicted molar refractivity (Wildman–Crippen MR) is 68.1 cm³/mol. The van der Waals surface area contributed by atoms with Crippen molar-refractivity contribution in [3.63, 3.8) is 0 Å². The molecule has 0 aromatic heterocycles. The van der Waals surface area contributed by atoms with E-state index in [9.17, 15) is 14.7 Å². The Hall–Kier alpha value is -0.900. The first-order valence-electron chi connectivity index (χ1n) is 6.68. The number of carboxylic acids is 1. The van der Waals surface area contributed by atoms with Crippen LogP contribution in [0.15, 0.2) is 0 Å². The monoisotopic (exact) mass is 256 g/mol. The van der Waals surface area contributed by atoms with Crippen LogP contribution in [0.2, 0.25) is 0 Å². The molecule has 0 amide bonds. The number of ketones is 1. The van der Waals surface area contributed by atoms with Gasteiger partial charge in [0.1, 0.15) is 0 Å². The summed E-state index contributed by atoms with van der Waals surface area (Å²) in [5.74, 6) is -1.39. The molecule has 1 aliphatic rings. The van der Waals surface area contributed by atoms with Crippen molar-refractivity contribution in [2.45, 2.75) is 52.6 Å². The van der Waals surface area contributed by atoms with Crippen molar-refractivity contribution in [3.05, 3.63) is 0 Å². The summed E-state index contributed by atoms with van der Waals surface area (Å²) in [6.45, 7) is 7.27. The van der Waals surface area contributed by atoms with Gasteiger partial charge in [0.05, 0.1) is 0 Å². The molecule has 4 heteroatoms. The Balaban J connectivity index is 2.95. The zero-order valence-corrected chi connectivity index (χ0v) is 11.6. The molecule has 0 radical (unpaired) electrons. The Morgan fingerprint density at radius 1 is 1.28 bits per heavy atom. The van der Waals surface area contributed by atoms with Crippen molar-refractivity contribution >= 4 is 11.8 Å². The SMILES string of the molecule is CC1CCC(C(C)C)C(C(=O)C(C)(O)C(=O)O)C1. The minimum atomic E-state index is -2.26. The van der Waals surface area contributed by atoms with E-state index in [4.69, 9.17) is 5.11 Å². The van der Waals surface area contributed by atoms with Gasteiger partial charge in [-0.05, 0) is 37.5 Å². The molecule has 0 bridgehead atoms. The molecule has 1 rings (SSSR count). The third kappa shape index (κ3) is 2.91. The maximum atomic E-state index is 12.3. The first-order valence-corrected chi connectivity index (χ1v) is 6.68. The molecule has 18 heavy (non-hydrogen) atoms. The van der Waals surface area contributed by atoms with Crippen LogP contribution in [0.5, 0.6) is 0 Å². The van der Waals surface area contributed by atoms with Crippen molar-refractivity contribution in [2.24, 2.45) is 23.7 Å². The van der Waals surface area contributed by atoms with Crippen LogP contribution >= 0.6 is 0 Å². The molecule has 104 valence electrons. The van der Waals surface area contributed by atoms with Crippen LogP contribution in [0.3, 0.4) is 0 Å². The molecular weight excluding hydrogens is 232 g/mol. The van der Waals surface area contributed by atoms with Crippen LogP contribution < -0.4 is 0 Å². The van der Waals surface area contributed by atoms with Gasteiger partial charge < -0.3 is 10.2 Å². The van der Waals surface area contributed by atoms with E-state index < -0.39 is 17.4 Å². The molecule has 4 unspecified atom stereocenters. The summed E-state index contributed by atoms with van der Waals surface area (Å²) in [6.07, 6.45) is 2.69. The van der Waals surface area contributed by atoms with E-state index in [2.05, 4.69) is 20.8 Å². The van der Waals surface area contributed by atoms with Crippen LogP contribution in [0.25, 0.3) is 0 Å². The Bertz CT molecular complexity index is 333. The van der Waals surface area contributed by atoms with E-state index in [0.29, 0.717) is 18.3 Å². The van der Waals surface area contributed by atoms with Crippen molar-refractivity contribution in [3.8, 4) is 0 Å². The average molecular weight is 256 g/mol. The van der Waals surface area contributed by atoms with E-state index in [1.165, 1.54) is 0 Å². The molecule has 1 aliphatic carbocycles. The molecule has 0 aromatic rings. The summed E-state index contributed by atoms with van der Waals surface area (Å²) in [7, 11) is 0. The first-order chi connectivity index (χ1) is 8.17. The van der Waals surface area contributed by atoms with Gasteiger partial charge in [0.15, 0.2) is 5.78 Å². The summed E-state index contributed by atoms with van der Waals surface area (Å²) in [5.41, 5.74) is -2.26. The fourth-order valence-electron chi connectivity index (χ4n) is 2.97. The van der Waals surface area contributed by atoms with Crippen molar-refractivity contribution in [1.82, 2.24) is 0 Å². The van der Waals surface area contributed by atoms with Gasteiger partial charge in [-0.2, -0.15) is 0 Å². The first kappa shape index (κ1) is 15.2. The smallest absolute Gasteiger partial charge is 0.343 e. The van der Waals surface area contributed by atoms with Crippen LogP contribution in [0.4, 0.5) is 0 Å². The second kappa shape index (κ2) is 5.39. The average Bonchev–Trinajstić information content (AvgIpc) is 2.27. The topological polar surface area (TPSA) is 74.6 Å². The Kier molecular flexibility index (Phi) is 4.54. The zero-order chi connectivity index (χ0) is 14.1. The van der Waals surface area contributed by atoms with Gasteiger partial charge in [-0.15, -0.1) is 0 Å². The summed E-state index contributed by atoms with van der Waals surface area (Å²) >= 11 is 0. The molecule has 2 N–H and O–H groups in total. The predicted octanol–water partition coefficient (Wildman–Crippen LogP) is 2.10. The van der Waals surface area contributed by atoms with E-state index in [1.54, 1.807) is 0 Å². The minimum Gasteiger partial charge on any atom is -0.479 e. The quantitative estimate of drug-likeness (QED) is 0.755. The molecule has 1 saturated carbocycles. The highest BCUT2D eigenvalue weighted by Crippen LogP contribution is 2.40. The number of carbonyl (C=O) groups is 2. The van der Waals surface area contributed by atoms with E-state index in [1.807, 2.05) is 0 Å². The second-order valence-corrected chi connectivity index (χ2v) is 6.17. The van der Waals surface area contributed by atoms with Gasteiger partial charge in [0.25, 0.3) is 0 Å². The van der Waals surface area contributed by atoms with Crippen molar-refractivity contribution in [2.75, 3.05) is 0 Å². The van der Waals surface area contributed by atoms with Gasteiger partial charge in [-0.3, -0.25) is 4.79 Å². The molecule has 0 spiro atoms. The maximum absolute atomic E-state index is 12.3. The van der Waals surface area contributed by atoms with Gasteiger partial charge in [-0.25, -0.2) is 4.79 Å². The number of aliphatic carboxylic acids is 1.